The Labute approximate surface area is 68.1 Å². The Morgan fingerprint density at radius 3 is 2.42 bits per heavy atom. The molecule has 0 unspecified atom stereocenters. The van der Waals surface area contributed by atoms with Crippen molar-refractivity contribution >= 4 is 12.6 Å². The quantitative estimate of drug-likeness (QED) is 0.495. The van der Waals surface area contributed by atoms with Crippen molar-refractivity contribution in [3.63, 3.8) is 0 Å². The van der Waals surface area contributed by atoms with Crippen LogP contribution in [0.4, 0.5) is 0 Å². The summed E-state index contributed by atoms with van der Waals surface area (Å²) in [5, 5.41) is 17.9. The van der Waals surface area contributed by atoms with E-state index in [2.05, 4.69) is 6.07 Å². The van der Waals surface area contributed by atoms with E-state index in [9.17, 15) is 9.59 Å². The first-order valence-corrected chi connectivity index (χ1v) is 3.07. The number of phenolic OH excluding ortho intramolecular Hbond substituents is 2. The minimum absolute atomic E-state index is 0.0207. The van der Waals surface area contributed by atoms with Crippen molar-refractivity contribution in [1.29, 1.82) is 0 Å². The van der Waals surface area contributed by atoms with Crippen LogP contribution in [0.5, 0.6) is 11.5 Å². The van der Waals surface area contributed by atoms with Crippen LogP contribution in [0.3, 0.4) is 0 Å². The molecule has 1 radical (unpaired) electrons. The van der Waals surface area contributed by atoms with Gasteiger partial charge in [0.1, 0.15) is 0 Å². The highest BCUT2D eigenvalue weighted by Crippen LogP contribution is 2.27. The summed E-state index contributed by atoms with van der Waals surface area (Å²) in [6.07, 6.45) is 0.730. The van der Waals surface area contributed by atoms with E-state index in [1.807, 2.05) is 0 Å². The lowest BCUT2D eigenvalue weighted by Crippen LogP contribution is -1.87. The highest BCUT2D eigenvalue weighted by atomic mass is 16.3. The second kappa shape index (κ2) is 3.04. The number of aldehydes is 2. The molecule has 0 spiro atoms. The van der Waals surface area contributed by atoms with Crippen LogP contribution in [0.1, 0.15) is 20.7 Å². The molecule has 1 aromatic carbocycles. The SMILES string of the molecule is O=Cc1[c]c(C=O)c(O)c(O)c1. The molecule has 0 aromatic heterocycles. The Balaban J connectivity index is 3.37. The zero-order valence-corrected chi connectivity index (χ0v) is 5.94. The van der Waals surface area contributed by atoms with Crippen molar-refractivity contribution in [2.45, 2.75) is 0 Å². The number of carbonyl (C=O) groups excluding carboxylic acids is 2. The molecule has 0 atom stereocenters. The monoisotopic (exact) mass is 165 g/mol. The number of hydrogen-bond acceptors (Lipinski definition) is 4. The number of hydrogen-bond donors (Lipinski definition) is 2. The number of aromatic hydroxyl groups is 2. The van der Waals surface area contributed by atoms with Gasteiger partial charge in [0.2, 0.25) is 0 Å². The normalized spacial score (nSPS) is 9.33. The van der Waals surface area contributed by atoms with Crippen LogP contribution < -0.4 is 0 Å². The van der Waals surface area contributed by atoms with E-state index < -0.39 is 11.5 Å². The minimum atomic E-state index is -0.560. The predicted octanol–water partition coefficient (Wildman–Crippen LogP) is 0.523. The lowest BCUT2D eigenvalue weighted by molar-refractivity contribution is 0.112. The Morgan fingerprint density at radius 1 is 1.25 bits per heavy atom. The molecule has 0 saturated carbocycles. The summed E-state index contributed by atoms with van der Waals surface area (Å²) in [5.41, 5.74) is -0.204. The van der Waals surface area contributed by atoms with Gasteiger partial charge in [-0.25, -0.2) is 0 Å². The molecule has 4 nitrogen and oxygen atoms in total. The van der Waals surface area contributed by atoms with Crippen LogP contribution in [0.25, 0.3) is 0 Å². The molecule has 12 heavy (non-hydrogen) atoms. The maximum Gasteiger partial charge on any atom is 0.168 e. The van der Waals surface area contributed by atoms with Crippen LogP contribution >= 0.6 is 0 Å². The average Bonchev–Trinajstić information content (AvgIpc) is 2.09. The maximum absolute atomic E-state index is 10.2. The first-order chi connectivity index (χ1) is 5.69. The Bertz CT molecular complexity index is 330. The van der Waals surface area contributed by atoms with Gasteiger partial charge in [0.15, 0.2) is 24.1 Å². The Morgan fingerprint density at radius 2 is 1.92 bits per heavy atom. The molecule has 2 N–H and O–H groups in total. The molecular weight excluding hydrogens is 160 g/mol. The number of rotatable bonds is 2. The maximum atomic E-state index is 10.2. The second-order valence-corrected chi connectivity index (χ2v) is 2.11. The van der Waals surface area contributed by atoms with E-state index in [-0.39, 0.29) is 11.1 Å². The van der Waals surface area contributed by atoms with E-state index in [4.69, 9.17) is 10.2 Å². The first kappa shape index (κ1) is 8.26. The fourth-order valence-electron chi connectivity index (χ4n) is 0.753. The molecule has 1 aromatic rings. The van der Waals surface area contributed by atoms with Gasteiger partial charge in [-0.3, -0.25) is 9.59 Å². The van der Waals surface area contributed by atoms with Crippen molar-refractivity contribution in [3.8, 4) is 11.5 Å². The third-order valence-electron chi connectivity index (χ3n) is 1.31. The molecule has 0 fully saturated rings. The topological polar surface area (TPSA) is 74.6 Å². The Hall–Kier alpha value is -1.84. The zero-order valence-electron chi connectivity index (χ0n) is 5.94. The van der Waals surface area contributed by atoms with E-state index in [0.29, 0.717) is 12.6 Å². The van der Waals surface area contributed by atoms with Crippen molar-refractivity contribution < 1.29 is 19.8 Å². The lowest BCUT2D eigenvalue weighted by Gasteiger charge is -1.99. The third kappa shape index (κ3) is 1.27. The van der Waals surface area contributed by atoms with Crippen LogP contribution in [-0.4, -0.2) is 22.8 Å². The Kier molecular flexibility index (Phi) is 2.09. The highest BCUT2D eigenvalue weighted by molar-refractivity contribution is 5.86. The van der Waals surface area contributed by atoms with Crippen molar-refractivity contribution in [1.82, 2.24) is 0 Å². The van der Waals surface area contributed by atoms with Crippen LogP contribution in [0, 0.1) is 6.07 Å². The number of phenols is 2. The lowest BCUT2D eigenvalue weighted by atomic mass is 10.1. The van der Waals surface area contributed by atoms with Gasteiger partial charge in [-0.15, -0.1) is 0 Å². The number of carbonyl (C=O) groups is 2. The van der Waals surface area contributed by atoms with Crippen molar-refractivity contribution in [3.05, 3.63) is 23.3 Å². The average molecular weight is 165 g/mol. The predicted molar refractivity (Wildman–Crippen MR) is 39.4 cm³/mol. The molecular formula is C8H5O4. The second-order valence-electron chi connectivity index (χ2n) is 2.11. The minimum Gasteiger partial charge on any atom is -0.504 e. The molecule has 0 heterocycles. The molecule has 0 amide bonds. The first-order valence-electron chi connectivity index (χ1n) is 3.07. The fourth-order valence-corrected chi connectivity index (χ4v) is 0.753. The zero-order chi connectivity index (χ0) is 9.14. The van der Waals surface area contributed by atoms with E-state index in [0.717, 1.165) is 6.07 Å². The van der Waals surface area contributed by atoms with Crippen LogP contribution in [0.15, 0.2) is 6.07 Å². The standard InChI is InChI=1S/C8H5O4/c9-3-5-1-6(4-10)8(12)7(11)2-5/h2-4,11-12H. The fraction of sp³-hybridized carbons (Fsp3) is 0. The third-order valence-corrected chi connectivity index (χ3v) is 1.31. The van der Waals surface area contributed by atoms with Gasteiger partial charge in [0.05, 0.1) is 5.56 Å². The largest absolute Gasteiger partial charge is 0.504 e. The van der Waals surface area contributed by atoms with Gasteiger partial charge < -0.3 is 10.2 Å². The molecule has 4 heteroatoms. The molecule has 61 valence electrons. The molecule has 0 saturated heterocycles. The van der Waals surface area contributed by atoms with Gasteiger partial charge in [-0.1, -0.05) is 0 Å². The number of benzene rings is 1. The molecule has 1 rings (SSSR count). The summed E-state index contributed by atoms with van der Waals surface area (Å²) in [4.78, 5) is 20.4. The molecule has 0 aliphatic carbocycles. The van der Waals surface area contributed by atoms with E-state index >= 15 is 0 Å². The van der Waals surface area contributed by atoms with Crippen LogP contribution in [0.2, 0.25) is 0 Å². The van der Waals surface area contributed by atoms with Crippen molar-refractivity contribution in [2.75, 3.05) is 0 Å². The van der Waals surface area contributed by atoms with Gasteiger partial charge >= 0.3 is 0 Å². The smallest absolute Gasteiger partial charge is 0.168 e. The molecule has 0 bridgehead atoms. The summed E-state index contributed by atoms with van der Waals surface area (Å²) in [7, 11) is 0. The molecule has 0 aliphatic heterocycles. The van der Waals surface area contributed by atoms with E-state index in [1.165, 1.54) is 0 Å². The summed E-state index contributed by atoms with van der Waals surface area (Å²) in [6, 6.07) is 3.33. The van der Waals surface area contributed by atoms with Gasteiger partial charge in [-0.05, 0) is 6.07 Å². The van der Waals surface area contributed by atoms with Crippen molar-refractivity contribution in [2.24, 2.45) is 0 Å². The summed E-state index contributed by atoms with van der Waals surface area (Å²) < 4.78 is 0. The summed E-state index contributed by atoms with van der Waals surface area (Å²) in [5.74, 6) is -1.06. The van der Waals surface area contributed by atoms with Crippen LogP contribution in [-0.2, 0) is 0 Å². The van der Waals surface area contributed by atoms with Gasteiger partial charge in [0.25, 0.3) is 0 Å². The van der Waals surface area contributed by atoms with E-state index in [1.54, 1.807) is 0 Å². The molecule has 0 aliphatic rings. The summed E-state index contributed by atoms with van der Waals surface area (Å²) in [6.45, 7) is 0. The summed E-state index contributed by atoms with van der Waals surface area (Å²) >= 11 is 0. The highest BCUT2D eigenvalue weighted by Gasteiger charge is 2.07. The van der Waals surface area contributed by atoms with Gasteiger partial charge in [-0.2, -0.15) is 0 Å². The van der Waals surface area contributed by atoms with Gasteiger partial charge in [0, 0.05) is 11.6 Å².